The Morgan fingerprint density at radius 1 is 1.64 bits per heavy atom. The molecule has 0 aromatic heterocycles. The van der Waals surface area contributed by atoms with Gasteiger partial charge in [-0.2, -0.15) is 0 Å². The minimum absolute atomic E-state index is 0.0468. The smallest absolute Gasteiger partial charge is 0.101 e. The summed E-state index contributed by atoms with van der Waals surface area (Å²) < 4.78 is 4.91. The number of ether oxygens (including phenoxy) is 1. The fraction of sp³-hybridized carbons (Fsp3) is 0.750. The summed E-state index contributed by atoms with van der Waals surface area (Å²) in [5.41, 5.74) is 0. The highest BCUT2D eigenvalue weighted by Crippen LogP contribution is 2.09. The fourth-order valence-corrected chi connectivity index (χ4v) is 0.807. The average molecular weight is 160 g/mol. The number of methoxy groups -OCH3 is 1. The molecular formula is C8H16O3. The zero-order valence-corrected chi connectivity index (χ0v) is 7.03. The van der Waals surface area contributed by atoms with Crippen molar-refractivity contribution in [3.63, 3.8) is 0 Å². The molecule has 0 aromatic carbocycles. The first-order valence-corrected chi connectivity index (χ1v) is 3.61. The van der Waals surface area contributed by atoms with Gasteiger partial charge in [0.1, 0.15) is 6.10 Å². The molecule has 2 N–H and O–H groups in total. The quantitative estimate of drug-likeness (QED) is 0.564. The Morgan fingerprint density at radius 3 is 2.45 bits per heavy atom. The van der Waals surface area contributed by atoms with Crippen molar-refractivity contribution in [2.45, 2.75) is 19.1 Å². The van der Waals surface area contributed by atoms with E-state index < -0.39 is 12.2 Å². The topological polar surface area (TPSA) is 49.7 Å². The molecule has 0 saturated carbocycles. The van der Waals surface area contributed by atoms with Crippen molar-refractivity contribution in [3.8, 4) is 0 Å². The average Bonchev–Trinajstić information content (AvgIpc) is 2.05. The van der Waals surface area contributed by atoms with Crippen molar-refractivity contribution >= 4 is 0 Å². The van der Waals surface area contributed by atoms with Gasteiger partial charge in [-0.3, -0.25) is 0 Å². The highest BCUT2D eigenvalue weighted by Gasteiger charge is 2.21. The molecule has 0 rings (SSSR count). The van der Waals surface area contributed by atoms with E-state index in [0.717, 1.165) is 0 Å². The van der Waals surface area contributed by atoms with E-state index >= 15 is 0 Å². The van der Waals surface area contributed by atoms with E-state index in [-0.39, 0.29) is 12.5 Å². The minimum atomic E-state index is -0.678. The van der Waals surface area contributed by atoms with Crippen LogP contribution in [-0.4, -0.2) is 36.1 Å². The summed E-state index contributed by atoms with van der Waals surface area (Å²) in [6, 6.07) is 0. The predicted octanol–water partition coefficient (Wildman–Crippen LogP) is 0.177. The second kappa shape index (κ2) is 5.29. The lowest BCUT2D eigenvalue weighted by Gasteiger charge is -2.22. The monoisotopic (exact) mass is 160 g/mol. The molecule has 0 spiro atoms. The van der Waals surface area contributed by atoms with E-state index in [2.05, 4.69) is 6.58 Å². The van der Waals surface area contributed by atoms with Crippen molar-refractivity contribution < 1.29 is 14.9 Å². The van der Waals surface area contributed by atoms with Crippen LogP contribution in [0.4, 0.5) is 0 Å². The molecule has 3 atom stereocenters. The Balaban J connectivity index is 3.96. The standard InChI is InChI=1S/C8H16O3/c1-4-7(11-3)8(10)6(2)5-9/h4,6-10H,1,5H2,2-3H3/t6-,7-,8+/m0/s1. The van der Waals surface area contributed by atoms with E-state index in [4.69, 9.17) is 9.84 Å². The Morgan fingerprint density at radius 2 is 2.18 bits per heavy atom. The third kappa shape index (κ3) is 3.01. The van der Waals surface area contributed by atoms with E-state index in [9.17, 15) is 5.11 Å². The van der Waals surface area contributed by atoms with E-state index in [1.807, 2.05) is 0 Å². The van der Waals surface area contributed by atoms with Gasteiger partial charge in [0, 0.05) is 19.6 Å². The molecule has 0 amide bonds. The number of aliphatic hydroxyl groups is 2. The summed E-state index contributed by atoms with van der Waals surface area (Å²) >= 11 is 0. The van der Waals surface area contributed by atoms with Gasteiger partial charge >= 0.3 is 0 Å². The third-order valence-corrected chi connectivity index (χ3v) is 1.71. The van der Waals surface area contributed by atoms with E-state index in [1.165, 1.54) is 13.2 Å². The van der Waals surface area contributed by atoms with Crippen LogP contribution < -0.4 is 0 Å². The van der Waals surface area contributed by atoms with Gasteiger partial charge in [0.05, 0.1) is 6.10 Å². The maximum Gasteiger partial charge on any atom is 0.101 e. The zero-order chi connectivity index (χ0) is 8.85. The van der Waals surface area contributed by atoms with Gasteiger partial charge in [-0.15, -0.1) is 6.58 Å². The first kappa shape index (κ1) is 10.6. The Bertz CT molecular complexity index is 114. The molecule has 0 heterocycles. The molecule has 0 saturated heterocycles. The summed E-state index contributed by atoms with van der Waals surface area (Å²) in [7, 11) is 1.50. The van der Waals surface area contributed by atoms with Crippen molar-refractivity contribution in [3.05, 3.63) is 12.7 Å². The lowest BCUT2D eigenvalue weighted by molar-refractivity contribution is -0.0248. The van der Waals surface area contributed by atoms with Crippen LogP contribution in [0.15, 0.2) is 12.7 Å². The molecule has 0 bridgehead atoms. The third-order valence-electron chi connectivity index (χ3n) is 1.71. The first-order chi connectivity index (χ1) is 5.17. The summed E-state index contributed by atoms with van der Waals surface area (Å²) in [5, 5.41) is 18.1. The van der Waals surface area contributed by atoms with Crippen LogP contribution in [0.25, 0.3) is 0 Å². The highest BCUT2D eigenvalue weighted by molar-refractivity contribution is 4.87. The second-order valence-electron chi connectivity index (χ2n) is 2.59. The molecule has 0 aliphatic heterocycles. The van der Waals surface area contributed by atoms with Gasteiger partial charge in [0.2, 0.25) is 0 Å². The van der Waals surface area contributed by atoms with Crippen LogP contribution in [0.2, 0.25) is 0 Å². The normalized spacial score (nSPS) is 18.9. The van der Waals surface area contributed by atoms with Crippen LogP contribution in [0.1, 0.15) is 6.92 Å². The maximum atomic E-state index is 9.42. The van der Waals surface area contributed by atoms with Crippen LogP contribution in [0, 0.1) is 5.92 Å². The molecule has 3 nitrogen and oxygen atoms in total. The predicted molar refractivity (Wildman–Crippen MR) is 43.3 cm³/mol. The van der Waals surface area contributed by atoms with Gasteiger partial charge in [-0.05, 0) is 0 Å². The van der Waals surface area contributed by atoms with Crippen LogP contribution in [-0.2, 0) is 4.74 Å². The highest BCUT2D eigenvalue weighted by atomic mass is 16.5. The second-order valence-corrected chi connectivity index (χ2v) is 2.59. The van der Waals surface area contributed by atoms with E-state index in [0.29, 0.717) is 0 Å². The number of hydrogen-bond donors (Lipinski definition) is 2. The van der Waals surface area contributed by atoms with Gasteiger partial charge in [-0.25, -0.2) is 0 Å². The van der Waals surface area contributed by atoms with Gasteiger partial charge in [-0.1, -0.05) is 13.0 Å². The van der Waals surface area contributed by atoms with Crippen molar-refractivity contribution in [1.82, 2.24) is 0 Å². The molecule has 0 fully saturated rings. The molecule has 66 valence electrons. The SMILES string of the molecule is C=C[C@H](OC)[C@H](O)[C@@H](C)CO. The summed E-state index contributed by atoms with van der Waals surface area (Å²) in [5.74, 6) is -0.182. The molecule has 0 radical (unpaired) electrons. The summed E-state index contributed by atoms with van der Waals surface area (Å²) in [6.07, 6.45) is 0.455. The first-order valence-electron chi connectivity index (χ1n) is 3.61. The van der Waals surface area contributed by atoms with Crippen molar-refractivity contribution in [2.75, 3.05) is 13.7 Å². The maximum absolute atomic E-state index is 9.42. The molecule has 0 aliphatic rings. The molecule has 11 heavy (non-hydrogen) atoms. The van der Waals surface area contributed by atoms with Gasteiger partial charge in [0.15, 0.2) is 0 Å². The molecule has 0 unspecified atom stereocenters. The molecule has 3 heteroatoms. The summed E-state index contributed by atoms with van der Waals surface area (Å²) in [4.78, 5) is 0. The largest absolute Gasteiger partial charge is 0.396 e. The van der Waals surface area contributed by atoms with Crippen LogP contribution in [0.5, 0.6) is 0 Å². The lowest BCUT2D eigenvalue weighted by Crippen LogP contribution is -2.33. The number of rotatable bonds is 5. The fourth-order valence-electron chi connectivity index (χ4n) is 0.807. The number of aliphatic hydroxyl groups excluding tert-OH is 2. The zero-order valence-electron chi connectivity index (χ0n) is 7.03. The number of hydrogen-bond acceptors (Lipinski definition) is 3. The molecular weight excluding hydrogens is 144 g/mol. The Labute approximate surface area is 67.3 Å². The van der Waals surface area contributed by atoms with Crippen LogP contribution >= 0.6 is 0 Å². The van der Waals surface area contributed by atoms with Gasteiger partial charge < -0.3 is 14.9 Å². The Hall–Kier alpha value is -0.380. The molecule has 0 aromatic rings. The van der Waals surface area contributed by atoms with Crippen LogP contribution in [0.3, 0.4) is 0 Å². The van der Waals surface area contributed by atoms with E-state index in [1.54, 1.807) is 6.92 Å². The minimum Gasteiger partial charge on any atom is -0.396 e. The van der Waals surface area contributed by atoms with Crippen molar-refractivity contribution in [2.24, 2.45) is 5.92 Å². The Kier molecular flexibility index (Phi) is 5.11. The van der Waals surface area contributed by atoms with Crippen molar-refractivity contribution in [1.29, 1.82) is 0 Å². The summed E-state index contributed by atoms with van der Waals surface area (Å²) in [6.45, 7) is 5.21. The lowest BCUT2D eigenvalue weighted by atomic mass is 10.0. The van der Waals surface area contributed by atoms with Gasteiger partial charge in [0.25, 0.3) is 0 Å². The molecule has 0 aliphatic carbocycles.